The maximum atomic E-state index is 12.3. The van der Waals surface area contributed by atoms with Crippen molar-refractivity contribution in [2.24, 2.45) is 5.92 Å². The second kappa shape index (κ2) is 4.93. The Kier molecular flexibility index (Phi) is 3.28. The fourth-order valence-corrected chi connectivity index (χ4v) is 4.32. The normalized spacial score (nSPS) is 33.1. The summed E-state index contributed by atoms with van der Waals surface area (Å²) in [6, 6.07) is 1.08. The molecule has 0 N–H and O–H groups in total. The van der Waals surface area contributed by atoms with E-state index in [0.717, 1.165) is 58.8 Å². The first-order valence-electron chi connectivity index (χ1n) is 8.46. The molecule has 1 saturated carbocycles. The van der Waals surface area contributed by atoms with Gasteiger partial charge in [0.25, 0.3) is 0 Å². The summed E-state index contributed by atoms with van der Waals surface area (Å²) in [6.07, 6.45) is 2.22. The Morgan fingerprint density at radius 2 is 2.00 bits per heavy atom. The Morgan fingerprint density at radius 3 is 2.67 bits per heavy atom. The molecular weight excluding hydrogens is 266 g/mol. The average Bonchev–Trinajstić information content (AvgIpc) is 3.27. The van der Waals surface area contributed by atoms with Crippen LogP contribution in [0, 0.1) is 5.92 Å². The van der Waals surface area contributed by atoms with Gasteiger partial charge in [-0.05, 0) is 26.7 Å². The predicted molar refractivity (Wildman–Crippen MR) is 80.1 cm³/mol. The van der Waals surface area contributed by atoms with Crippen molar-refractivity contribution >= 4 is 5.91 Å². The lowest BCUT2D eigenvalue weighted by atomic mass is 9.82. The largest absolute Gasteiger partial charge is 0.378 e. The Hall–Kier alpha value is -0.650. The van der Waals surface area contributed by atoms with Crippen LogP contribution in [-0.2, 0) is 9.53 Å². The number of nitrogens with zero attached hydrogens (tertiary/aromatic N) is 3. The van der Waals surface area contributed by atoms with Crippen molar-refractivity contribution in [1.29, 1.82) is 0 Å². The molecule has 5 nitrogen and oxygen atoms in total. The third-order valence-corrected chi connectivity index (χ3v) is 5.72. The van der Waals surface area contributed by atoms with E-state index in [2.05, 4.69) is 28.5 Å². The van der Waals surface area contributed by atoms with Gasteiger partial charge in [0.1, 0.15) is 0 Å². The molecule has 1 amide bonds. The third kappa shape index (κ3) is 2.30. The minimum absolute atomic E-state index is 0.196. The number of hydrogen-bond donors (Lipinski definition) is 0. The zero-order valence-electron chi connectivity index (χ0n) is 13.3. The van der Waals surface area contributed by atoms with Crippen LogP contribution in [0.4, 0.5) is 0 Å². The van der Waals surface area contributed by atoms with Gasteiger partial charge in [-0.1, -0.05) is 0 Å². The molecule has 0 bridgehead atoms. The van der Waals surface area contributed by atoms with E-state index in [-0.39, 0.29) is 5.54 Å². The summed E-state index contributed by atoms with van der Waals surface area (Å²) in [5.74, 6) is 0.764. The van der Waals surface area contributed by atoms with Crippen molar-refractivity contribution in [1.82, 2.24) is 14.7 Å². The lowest BCUT2D eigenvalue weighted by Crippen LogP contribution is -2.81. The van der Waals surface area contributed by atoms with Crippen molar-refractivity contribution in [3.8, 4) is 0 Å². The van der Waals surface area contributed by atoms with E-state index < -0.39 is 0 Å². The Labute approximate surface area is 127 Å². The quantitative estimate of drug-likeness (QED) is 0.738. The number of carbonyl (C=O) groups is 1. The highest BCUT2D eigenvalue weighted by atomic mass is 16.5. The van der Waals surface area contributed by atoms with E-state index in [1.807, 2.05) is 0 Å². The molecule has 3 aliphatic heterocycles. The monoisotopic (exact) mass is 293 g/mol. The molecule has 3 heterocycles. The number of piperazine rings is 1. The van der Waals surface area contributed by atoms with Crippen LogP contribution in [0.1, 0.15) is 26.7 Å². The van der Waals surface area contributed by atoms with Crippen LogP contribution in [0.5, 0.6) is 0 Å². The fraction of sp³-hybridized carbons (Fsp3) is 0.938. The molecular formula is C16H27N3O2. The number of ether oxygens (including phenoxy) is 1. The van der Waals surface area contributed by atoms with Crippen molar-refractivity contribution in [2.45, 2.75) is 44.3 Å². The minimum atomic E-state index is 0.196. The first-order valence-corrected chi connectivity index (χ1v) is 8.46. The molecule has 1 spiro atoms. The van der Waals surface area contributed by atoms with Gasteiger partial charge in [0.15, 0.2) is 0 Å². The molecule has 21 heavy (non-hydrogen) atoms. The highest BCUT2D eigenvalue weighted by molar-refractivity contribution is 5.82. The molecule has 1 unspecified atom stereocenters. The van der Waals surface area contributed by atoms with Crippen LogP contribution in [0.25, 0.3) is 0 Å². The summed E-state index contributed by atoms with van der Waals surface area (Å²) in [4.78, 5) is 19.6. The number of rotatable bonds is 2. The summed E-state index contributed by atoms with van der Waals surface area (Å²) in [5.41, 5.74) is 0.196. The second-order valence-electron chi connectivity index (χ2n) is 7.64. The molecule has 0 aromatic carbocycles. The first kappa shape index (κ1) is 14.0. The van der Waals surface area contributed by atoms with E-state index in [9.17, 15) is 4.79 Å². The van der Waals surface area contributed by atoms with Gasteiger partial charge in [-0.2, -0.15) is 0 Å². The van der Waals surface area contributed by atoms with Crippen LogP contribution in [0.3, 0.4) is 0 Å². The van der Waals surface area contributed by atoms with Crippen molar-refractivity contribution in [2.75, 3.05) is 45.9 Å². The number of carbonyl (C=O) groups excluding carboxylic acids is 1. The molecule has 1 aliphatic carbocycles. The van der Waals surface area contributed by atoms with Gasteiger partial charge < -0.3 is 9.64 Å². The Morgan fingerprint density at radius 1 is 1.24 bits per heavy atom. The maximum absolute atomic E-state index is 12.3. The standard InChI is InChI=1S/C16H27N3O2/c1-12(2)17-7-14-8-21-6-5-19(14)16(9-17)10-18(11-16)15(20)13-3-4-13/h12-14H,3-11H2,1-2H3. The summed E-state index contributed by atoms with van der Waals surface area (Å²) in [5, 5.41) is 0. The van der Waals surface area contributed by atoms with E-state index in [0.29, 0.717) is 23.9 Å². The second-order valence-corrected chi connectivity index (χ2v) is 7.64. The lowest BCUT2D eigenvalue weighted by Gasteiger charge is -2.64. The van der Waals surface area contributed by atoms with Gasteiger partial charge in [-0.3, -0.25) is 14.6 Å². The lowest BCUT2D eigenvalue weighted by molar-refractivity contribution is -0.180. The summed E-state index contributed by atoms with van der Waals surface area (Å²) < 4.78 is 5.70. The van der Waals surface area contributed by atoms with Gasteiger partial charge >= 0.3 is 0 Å². The molecule has 0 aromatic rings. The molecule has 5 heteroatoms. The summed E-state index contributed by atoms with van der Waals surface area (Å²) in [7, 11) is 0. The van der Waals surface area contributed by atoms with Gasteiger partial charge in [0.2, 0.25) is 5.91 Å². The number of hydrogen-bond acceptors (Lipinski definition) is 4. The van der Waals surface area contributed by atoms with E-state index in [4.69, 9.17) is 4.74 Å². The molecule has 3 saturated heterocycles. The Bertz CT molecular complexity index is 429. The maximum Gasteiger partial charge on any atom is 0.225 e. The Balaban J connectivity index is 1.50. The van der Waals surface area contributed by atoms with E-state index in [1.165, 1.54) is 0 Å². The van der Waals surface area contributed by atoms with E-state index >= 15 is 0 Å². The van der Waals surface area contributed by atoms with Gasteiger partial charge in [-0.25, -0.2) is 0 Å². The van der Waals surface area contributed by atoms with E-state index in [1.54, 1.807) is 0 Å². The number of amides is 1. The number of fused-ring (bicyclic) bond motifs is 2. The first-order chi connectivity index (χ1) is 10.1. The number of morpholine rings is 1. The van der Waals surface area contributed by atoms with Crippen molar-refractivity contribution in [3.63, 3.8) is 0 Å². The van der Waals surface area contributed by atoms with Crippen molar-refractivity contribution < 1.29 is 9.53 Å². The highest BCUT2D eigenvalue weighted by Crippen LogP contribution is 2.39. The smallest absolute Gasteiger partial charge is 0.225 e. The summed E-state index contributed by atoms with van der Waals surface area (Å²) >= 11 is 0. The van der Waals surface area contributed by atoms with Crippen LogP contribution in [0.2, 0.25) is 0 Å². The SMILES string of the molecule is CC(C)N1CC2COCCN2C2(CN(C(=O)C3CC3)C2)C1. The molecule has 0 aromatic heterocycles. The van der Waals surface area contributed by atoms with Gasteiger partial charge in [-0.15, -0.1) is 0 Å². The molecule has 118 valence electrons. The van der Waals surface area contributed by atoms with Crippen LogP contribution in [0.15, 0.2) is 0 Å². The molecule has 0 radical (unpaired) electrons. The predicted octanol–water partition coefficient (Wildman–Crippen LogP) is 0.402. The number of likely N-dealkylation sites (tertiary alicyclic amines) is 1. The van der Waals surface area contributed by atoms with Crippen LogP contribution in [-0.4, -0.2) is 84.2 Å². The molecule has 4 rings (SSSR count). The van der Waals surface area contributed by atoms with Gasteiger partial charge in [0, 0.05) is 50.7 Å². The average molecular weight is 293 g/mol. The minimum Gasteiger partial charge on any atom is -0.378 e. The zero-order chi connectivity index (χ0) is 14.6. The summed E-state index contributed by atoms with van der Waals surface area (Å²) in [6.45, 7) is 11.4. The third-order valence-electron chi connectivity index (χ3n) is 5.72. The molecule has 4 aliphatic rings. The fourth-order valence-electron chi connectivity index (χ4n) is 4.32. The molecule has 4 fully saturated rings. The molecule has 1 atom stereocenters. The van der Waals surface area contributed by atoms with Crippen LogP contribution < -0.4 is 0 Å². The zero-order valence-corrected chi connectivity index (χ0v) is 13.3. The van der Waals surface area contributed by atoms with Gasteiger partial charge in [0.05, 0.1) is 18.8 Å². The topological polar surface area (TPSA) is 36.0 Å². The highest BCUT2D eigenvalue weighted by Gasteiger charge is 2.56. The van der Waals surface area contributed by atoms with Crippen LogP contribution >= 0.6 is 0 Å². The van der Waals surface area contributed by atoms with Crippen molar-refractivity contribution in [3.05, 3.63) is 0 Å².